The Morgan fingerprint density at radius 2 is 0.479 bits per heavy atom. The van der Waals surface area contributed by atoms with E-state index in [1.807, 2.05) is 0 Å². The van der Waals surface area contributed by atoms with Gasteiger partial charge in [-0.25, -0.2) is 0 Å². The summed E-state index contributed by atoms with van der Waals surface area (Å²) in [6.07, 6.45) is 72.1. The summed E-state index contributed by atoms with van der Waals surface area (Å²) < 4.78 is 0. The fourth-order valence-corrected chi connectivity index (χ4v) is 10.9. The first kappa shape index (κ1) is 70.3. The van der Waals surface area contributed by atoms with E-state index in [-0.39, 0.29) is 0 Å². The molecule has 0 aromatic rings. The quantitative estimate of drug-likeness (QED) is 0.0390. The second kappa shape index (κ2) is 60.2. The van der Waals surface area contributed by atoms with Crippen molar-refractivity contribution in [2.24, 2.45) is 0 Å². The average molecular weight is 1010 g/mol. The van der Waals surface area contributed by atoms with Crippen molar-refractivity contribution in [2.75, 3.05) is 6.61 Å². The van der Waals surface area contributed by atoms with Gasteiger partial charge in [0, 0.05) is 0 Å². The molecule has 0 spiro atoms. The van der Waals surface area contributed by atoms with Gasteiger partial charge in [0.05, 0.1) is 18.8 Å². The monoisotopic (exact) mass is 1010 g/mol. The Labute approximate surface area is 445 Å². The molecular formula is C65H131NO5. The third-order valence-corrected chi connectivity index (χ3v) is 16.1. The summed E-state index contributed by atoms with van der Waals surface area (Å²) in [5.74, 6) is -0.574. The molecule has 0 aliphatic rings. The van der Waals surface area contributed by atoms with Crippen molar-refractivity contribution < 1.29 is 25.2 Å². The van der Waals surface area contributed by atoms with Gasteiger partial charge in [0.2, 0.25) is 5.91 Å². The Morgan fingerprint density at radius 3 is 0.676 bits per heavy atom. The number of aliphatic hydroxyl groups excluding tert-OH is 4. The minimum Gasteiger partial charge on any atom is -0.394 e. The molecule has 6 heteroatoms. The van der Waals surface area contributed by atoms with E-state index in [0.29, 0.717) is 12.8 Å². The van der Waals surface area contributed by atoms with Crippen LogP contribution in [-0.4, -0.2) is 57.3 Å². The minimum atomic E-state index is -1.26. The summed E-state index contributed by atoms with van der Waals surface area (Å²) >= 11 is 0. The molecule has 71 heavy (non-hydrogen) atoms. The first-order valence-corrected chi connectivity index (χ1v) is 32.9. The molecule has 0 saturated heterocycles. The summed E-state index contributed by atoms with van der Waals surface area (Å²) in [6, 6.07) is -0.981. The largest absolute Gasteiger partial charge is 0.394 e. The summed E-state index contributed by atoms with van der Waals surface area (Å²) in [5, 5.41) is 44.2. The smallest absolute Gasteiger partial charge is 0.249 e. The Balaban J connectivity index is 3.50. The Morgan fingerprint density at radius 1 is 0.296 bits per heavy atom. The van der Waals surface area contributed by atoms with Gasteiger partial charge in [0.15, 0.2) is 0 Å². The van der Waals surface area contributed by atoms with Crippen LogP contribution in [0.5, 0.6) is 0 Å². The Bertz CT molecular complexity index is 995. The maximum atomic E-state index is 12.6. The number of hydrogen-bond acceptors (Lipinski definition) is 5. The molecule has 426 valence electrons. The molecule has 1 amide bonds. The number of aliphatic hydroxyl groups is 4. The zero-order valence-corrected chi connectivity index (χ0v) is 48.5. The van der Waals surface area contributed by atoms with Crippen LogP contribution in [0.25, 0.3) is 0 Å². The van der Waals surface area contributed by atoms with E-state index >= 15 is 0 Å². The molecule has 6 nitrogen and oxygen atoms in total. The van der Waals surface area contributed by atoms with Crippen LogP contribution in [0.1, 0.15) is 380 Å². The highest BCUT2D eigenvalue weighted by Crippen LogP contribution is 2.20. The van der Waals surface area contributed by atoms with Crippen molar-refractivity contribution in [3.63, 3.8) is 0 Å². The van der Waals surface area contributed by atoms with Crippen molar-refractivity contribution >= 4 is 5.91 Å². The lowest BCUT2D eigenvalue weighted by Gasteiger charge is -2.27. The van der Waals surface area contributed by atoms with Crippen LogP contribution in [0, 0.1) is 0 Å². The second-order valence-electron chi connectivity index (χ2n) is 23.2. The fourth-order valence-electron chi connectivity index (χ4n) is 10.9. The molecule has 5 N–H and O–H groups in total. The molecule has 0 heterocycles. The molecule has 0 aromatic heterocycles. The lowest BCUT2D eigenvalue weighted by molar-refractivity contribution is -0.132. The predicted octanol–water partition coefficient (Wildman–Crippen LogP) is 19.8. The second-order valence-corrected chi connectivity index (χ2v) is 23.2. The Hall–Kier alpha value is -0.690. The van der Waals surface area contributed by atoms with Gasteiger partial charge in [0.1, 0.15) is 12.2 Å². The first-order valence-electron chi connectivity index (χ1n) is 32.9. The third-order valence-electron chi connectivity index (χ3n) is 16.1. The number of amides is 1. The van der Waals surface area contributed by atoms with Gasteiger partial charge in [-0.05, 0) is 12.8 Å². The molecule has 0 aromatic carbocycles. The van der Waals surface area contributed by atoms with E-state index < -0.39 is 36.9 Å². The molecule has 0 rings (SSSR count). The number of rotatable bonds is 62. The number of nitrogens with one attached hydrogen (secondary N) is 1. The topological polar surface area (TPSA) is 110 Å². The zero-order chi connectivity index (χ0) is 51.6. The lowest BCUT2D eigenvalue weighted by Crippen LogP contribution is -2.53. The van der Waals surface area contributed by atoms with Crippen molar-refractivity contribution in [1.29, 1.82) is 0 Å². The van der Waals surface area contributed by atoms with Crippen molar-refractivity contribution in [2.45, 2.75) is 404 Å². The summed E-state index contributed by atoms with van der Waals surface area (Å²) in [5.41, 5.74) is 0. The van der Waals surface area contributed by atoms with E-state index in [1.165, 1.54) is 315 Å². The molecule has 0 aliphatic heterocycles. The number of carbonyl (C=O) groups excluding carboxylic acids is 1. The van der Waals surface area contributed by atoms with E-state index in [1.54, 1.807) is 0 Å². The van der Waals surface area contributed by atoms with Crippen molar-refractivity contribution in [3.05, 3.63) is 0 Å². The van der Waals surface area contributed by atoms with Gasteiger partial charge in [-0.2, -0.15) is 0 Å². The lowest BCUT2D eigenvalue weighted by atomic mass is 9.99. The number of unbranched alkanes of at least 4 members (excludes halogenated alkanes) is 53. The van der Waals surface area contributed by atoms with Crippen LogP contribution in [0.2, 0.25) is 0 Å². The molecule has 0 saturated carbocycles. The van der Waals surface area contributed by atoms with Crippen LogP contribution in [-0.2, 0) is 4.79 Å². The van der Waals surface area contributed by atoms with Gasteiger partial charge >= 0.3 is 0 Å². The molecule has 4 unspecified atom stereocenters. The van der Waals surface area contributed by atoms with E-state index in [9.17, 15) is 25.2 Å². The van der Waals surface area contributed by atoms with Crippen LogP contribution >= 0.6 is 0 Å². The fraction of sp³-hybridized carbons (Fsp3) is 0.985. The van der Waals surface area contributed by atoms with E-state index in [4.69, 9.17) is 0 Å². The molecular weight excluding hydrogens is 875 g/mol. The average Bonchev–Trinajstić information content (AvgIpc) is 3.38. The summed E-state index contributed by atoms with van der Waals surface area (Å²) in [4.78, 5) is 12.6. The summed E-state index contributed by atoms with van der Waals surface area (Å²) in [7, 11) is 0. The highest BCUT2D eigenvalue weighted by Gasteiger charge is 2.28. The van der Waals surface area contributed by atoms with E-state index in [2.05, 4.69) is 19.2 Å². The highest BCUT2D eigenvalue weighted by molar-refractivity contribution is 5.80. The first-order chi connectivity index (χ1) is 35.0. The number of carbonyl (C=O) groups is 1. The van der Waals surface area contributed by atoms with Crippen LogP contribution < -0.4 is 5.32 Å². The summed E-state index contributed by atoms with van der Waals surface area (Å²) in [6.45, 7) is 4.11. The van der Waals surface area contributed by atoms with Crippen molar-refractivity contribution in [1.82, 2.24) is 5.32 Å². The van der Waals surface area contributed by atoms with Crippen LogP contribution in [0.15, 0.2) is 0 Å². The standard InChI is InChI=1S/C65H131NO5/c1-3-5-7-9-11-13-15-17-19-21-23-25-26-27-28-29-30-31-32-33-34-35-36-37-39-41-43-45-47-49-51-53-55-57-59-63(69)65(71)66-61(60-67)64(70)62(68)58-56-54-52-50-48-46-44-42-40-38-24-22-20-18-16-14-12-10-8-6-4-2/h61-64,67-70H,3-60H2,1-2H3,(H,66,71). The van der Waals surface area contributed by atoms with Gasteiger partial charge in [-0.3, -0.25) is 4.79 Å². The third kappa shape index (κ3) is 53.9. The molecule has 0 bridgehead atoms. The molecule has 0 radical (unpaired) electrons. The molecule has 4 atom stereocenters. The number of hydrogen-bond donors (Lipinski definition) is 5. The van der Waals surface area contributed by atoms with Gasteiger partial charge < -0.3 is 25.7 Å². The molecule has 0 aliphatic carbocycles. The van der Waals surface area contributed by atoms with Gasteiger partial charge in [-0.15, -0.1) is 0 Å². The normalized spacial score (nSPS) is 13.5. The van der Waals surface area contributed by atoms with Crippen LogP contribution in [0.3, 0.4) is 0 Å². The van der Waals surface area contributed by atoms with Crippen LogP contribution in [0.4, 0.5) is 0 Å². The zero-order valence-electron chi connectivity index (χ0n) is 48.5. The molecule has 0 fully saturated rings. The van der Waals surface area contributed by atoms with Crippen molar-refractivity contribution in [3.8, 4) is 0 Å². The van der Waals surface area contributed by atoms with E-state index in [0.717, 1.165) is 38.5 Å². The maximum Gasteiger partial charge on any atom is 0.249 e. The van der Waals surface area contributed by atoms with Gasteiger partial charge in [-0.1, -0.05) is 367 Å². The minimum absolute atomic E-state index is 0.377. The SMILES string of the molecule is CCCCCCCCCCCCCCCCCCCCCCCCCCCCCCCCCCCCC(O)C(=O)NC(CO)C(O)C(O)CCCCCCCCCCCCCCCCCCCCCCC. The Kier molecular flexibility index (Phi) is 59.6. The maximum absolute atomic E-state index is 12.6. The van der Waals surface area contributed by atoms with Gasteiger partial charge in [0.25, 0.3) is 0 Å². The highest BCUT2D eigenvalue weighted by atomic mass is 16.3. The predicted molar refractivity (Wildman–Crippen MR) is 312 cm³/mol.